The molecule has 0 fully saturated rings. The Labute approximate surface area is 169 Å². The van der Waals surface area contributed by atoms with Gasteiger partial charge in [0.25, 0.3) is 0 Å². The molecule has 0 radical (unpaired) electrons. The molecule has 1 heterocycles. The van der Waals surface area contributed by atoms with Crippen LogP contribution in [0.1, 0.15) is 52.2 Å². The van der Waals surface area contributed by atoms with E-state index in [9.17, 15) is 9.59 Å². The molecule has 5 nitrogen and oxygen atoms in total. The summed E-state index contributed by atoms with van der Waals surface area (Å²) in [7, 11) is 0. The molecule has 0 N–H and O–H groups in total. The molecular weight excluding hydrogens is 366 g/mol. The highest BCUT2D eigenvalue weighted by molar-refractivity contribution is 6.07. The molecule has 0 bridgehead atoms. The first kappa shape index (κ1) is 19.1. The number of para-hydroxylation sites is 1. The van der Waals surface area contributed by atoms with Gasteiger partial charge in [0.05, 0.1) is 17.7 Å². The lowest BCUT2D eigenvalue weighted by Crippen LogP contribution is -2.25. The maximum absolute atomic E-state index is 13.1. The molecule has 1 atom stereocenters. The first-order valence-corrected chi connectivity index (χ1v) is 9.97. The number of aryl methyl sites for hydroxylation is 1. The van der Waals surface area contributed by atoms with Crippen molar-refractivity contribution in [3.8, 4) is 5.75 Å². The molecule has 0 spiro atoms. The van der Waals surface area contributed by atoms with Gasteiger partial charge >= 0.3 is 5.97 Å². The number of fused-ring (bicyclic) bond motifs is 2. The van der Waals surface area contributed by atoms with Gasteiger partial charge in [0.1, 0.15) is 5.75 Å². The van der Waals surface area contributed by atoms with Gasteiger partial charge in [-0.15, -0.1) is 0 Å². The number of esters is 1. The highest BCUT2D eigenvalue weighted by atomic mass is 16.5. The summed E-state index contributed by atoms with van der Waals surface area (Å²) in [6.45, 7) is 4.08. The van der Waals surface area contributed by atoms with Gasteiger partial charge in [-0.05, 0) is 69.0 Å². The quantitative estimate of drug-likeness (QED) is 0.457. The number of Topliss-reactive ketones (excluding diaryl/α,β-unsaturated/α-hetero) is 1. The van der Waals surface area contributed by atoms with Crippen molar-refractivity contribution in [1.82, 2.24) is 4.98 Å². The smallest absolute Gasteiger partial charge is 0.339 e. The summed E-state index contributed by atoms with van der Waals surface area (Å²) < 4.78 is 11.0. The van der Waals surface area contributed by atoms with Crippen LogP contribution in [0.3, 0.4) is 0 Å². The lowest BCUT2D eigenvalue weighted by Gasteiger charge is -2.16. The number of hydrogen-bond acceptors (Lipinski definition) is 5. The Kier molecular flexibility index (Phi) is 5.30. The van der Waals surface area contributed by atoms with Gasteiger partial charge in [0.2, 0.25) is 5.78 Å². The topological polar surface area (TPSA) is 65.5 Å². The normalized spacial score (nSPS) is 13.7. The van der Waals surface area contributed by atoms with Crippen molar-refractivity contribution in [2.24, 2.45) is 0 Å². The third-order valence-corrected chi connectivity index (χ3v) is 5.23. The van der Waals surface area contributed by atoms with Crippen LogP contribution in [0.25, 0.3) is 10.9 Å². The molecule has 1 aromatic heterocycles. The van der Waals surface area contributed by atoms with Crippen LogP contribution in [-0.4, -0.2) is 29.4 Å². The van der Waals surface area contributed by atoms with E-state index in [1.54, 1.807) is 31.2 Å². The van der Waals surface area contributed by atoms with Crippen molar-refractivity contribution in [2.75, 3.05) is 6.61 Å². The Balaban J connectivity index is 1.59. The van der Waals surface area contributed by atoms with E-state index in [0.29, 0.717) is 23.5 Å². The number of rotatable bonds is 6. The summed E-state index contributed by atoms with van der Waals surface area (Å²) in [6, 6.07) is 14.5. The Hall–Kier alpha value is -3.21. The van der Waals surface area contributed by atoms with Gasteiger partial charge in [-0.2, -0.15) is 0 Å². The van der Waals surface area contributed by atoms with E-state index in [2.05, 4.69) is 0 Å². The van der Waals surface area contributed by atoms with Crippen molar-refractivity contribution < 1.29 is 19.1 Å². The summed E-state index contributed by atoms with van der Waals surface area (Å²) in [6.07, 6.45) is 1.75. The third kappa shape index (κ3) is 3.73. The molecule has 0 saturated carbocycles. The molecule has 0 saturated heterocycles. The largest absolute Gasteiger partial charge is 0.494 e. The van der Waals surface area contributed by atoms with E-state index < -0.39 is 12.1 Å². The molecule has 29 heavy (non-hydrogen) atoms. The number of nitrogens with zero attached hydrogens (tertiary/aromatic N) is 1. The van der Waals surface area contributed by atoms with Crippen molar-refractivity contribution in [3.63, 3.8) is 0 Å². The fourth-order valence-corrected chi connectivity index (χ4v) is 3.83. The lowest BCUT2D eigenvalue weighted by atomic mass is 10.0. The first-order valence-electron chi connectivity index (χ1n) is 9.97. The average molecular weight is 389 g/mol. The van der Waals surface area contributed by atoms with Crippen LogP contribution in [0.2, 0.25) is 0 Å². The van der Waals surface area contributed by atoms with Crippen molar-refractivity contribution in [1.29, 1.82) is 0 Å². The number of pyridine rings is 1. The van der Waals surface area contributed by atoms with E-state index in [1.807, 2.05) is 31.2 Å². The second-order valence-corrected chi connectivity index (χ2v) is 7.15. The maximum atomic E-state index is 13.1. The summed E-state index contributed by atoms with van der Waals surface area (Å²) in [5.41, 5.74) is 3.73. The molecule has 2 aromatic carbocycles. The van der Waals surface area contributed by atoms with Gasteiger partial charge in [-0.25, -0.2) is 4.79 Å². The Morgan fingerprint density at radius 1 is 1.07 bits per heavy atom. The van der Waals surface area contributed by atoms with Crippen LogP contribution < -0.4 is 4.74 Å². The van der Waals surface area contributed by atoms with Crippen LogP contribution in [0, 0.1) is 0 Å². The summed E-state index contributed by atoms with van der Waals surface area (Å²) >= 11 is 0. The van der Waals surface area contributed by atoms with Gasteiger partial charge in [-0.3, -0.25) is 9.78 Å². The SMILES string of the molecule is CCOc1ccc(C(=O)[C@H](C)OC(=O)c2c3c(nc4ccccc24)CCC3)cc1. The predicted molar refractivity (Wildman–Crippen MR) is 111 cm³/mol. The fourth-order valence-electron chi connectivity index (χ4n) is 3.83. The minimum atomic E-state index is -0.885. The molecule has 0 aliphatic heterocycles. The van der Waals surface area contributed by atoms with Crippen LogP contribution in [0.4, 0.5) is 0 Å². The summed E-state index contributed by atoms with van der Waals surface area (Å²) in [5, 5.41) is 0.777. The van der Waals surface area contributed by atoms with Crippen LogP contribution >= 0.6 is 0 Å². The zero-order chi connectivity index (χ0) is 20.4. The number of ketones is 1. The zero-order valence-electron chi connectivity index (χ0n) is 16.6. The van der Waals surface area contributed by atoms with Crippen molar-refractivity contribution >= 4 is 22.7 Å². The Morgan fingerprint density at radius 3 is 2.59 bits per heavy atom. The van der Waals surface area contributed by atoms with E-state index in [-0.39, 0.29) is 5.78 Å². The molecule has 0 unspecified atom stereocenters. The predicted octanol–water partition coefficient (Wildman–Crippen LogP) is 4.55. The number of carbonyl (C=O) groups excluding carboxylic acids is 2. The maximum Gasteiger partial charge on any atom is 0.339 e. The number of ether oxygens (including phenoxy) is 2. The van der Waals surface area contributed by atoms with Crippen molar-refractivity contribution in [3.05, 3.63) is 70.9 Å². The minimum absolute atomic E-state index is 0.239. The molecule has 5 heteroatoms. The number of hydrogen-bond donors (Lipinski definition) is 0. The van der Waals surface area contributed by atoms with Crippen LogP contribution in [-0.2, 0) is 17.6 Å². The Bertz CT molecular complexity index is 1070. The molecule has 0 amide bonds. The third-order valence-electron chi connectivity index (χ3n) is 5.23. The van der Waals surface area contributed by atoms with Gasteiger partial charge in [-0.1, -0.05) is 18.2 Å². The first-order chi connectivity index (χ1) is 14.1. The van der Waals surface area contributed by atoms with Crippen molar-refractivity contribution in [2.45, 2.75) is 39.2 Å². The molecule has 1 aliphatic rings. The minimum Gasteiger partial charge on any atom is -0.494 e. The molecular formula is C24H23NO4. The molecule has 1 aliphatic carbocycles. The summed E-state index contributed by atoms with van der Waals surface area (Å²) in [4.78, 5) is 30.5. The number of aromatic nitrogens is 1. The van der Waals surface area contributed by atoms with E-state index >= 15 is 0 Å². The van der Waals surface area contributed by atoms with Gasteiger partial charge in [0, 0.05) is 16.6 Å². The fraction of sp³-hybridized carbons (Fsp3) is 0.292. The highest BCUT2D eigenvalue weighted by Gasteiger charge is 2.27. The Morgan fingerprint density at radius 2 is 1.83 bits per heavy atom. The molecule has 3 aromatic rings. The second-order valence-electron chi connectivity index (χ2n) is 7.15. The van der Waals surface area contributed by atoms with Crippen LogP contribution in [0.15, 0.2) is 48.5 Å². The molecule has 148 valence electrons. The van der Waals surface area contributed by atoms with Crippen LogP contribution in [0.5, 0.6) is 5.75 Å². The van der Waals surface area contributed by atoms with E-state index in [1.165, 1.54) is 0 Å². The van der Waals surface area contributed by atoms with E-state index in [0.717, 1.165) is 41.4 Å². The lowest BCUT2D eigenvalue weighted by molar-refractivity contribution is 0.0319. The number of benzene rings is 2. The van der Waals surface area contributed by atoms with Gasteiger partial charge < -0.3 is 9.47 Å². The standard InChI is InChI=1S/C24H23NO4/c1-3-28-17-13-11-16(12-14-17)23(26)15(2)29-24(27)22-18-7-4-5-9-20(18)25-21-10-6-8-19(21)22/h4-5,7,9,11-15H,3,6,8,10H2,1-2H3/t15-/m0/s1. The van der Waals surface area contributed by atoms with E-state index in [4.69, 9.17) is 14.5 Å². The monoisotopic (exact) mass is 389 g/mol. The molecule has 4 rings (SSSR count). The van der Waals surface area contributed by atoms with Gasteiger partial charge in [0.15, 0.2) is 6.10 Å². The number of carbonyl (C=O) groups is 2. The highest BCUT2D eigenvalue weighted by Crippen LogP contribution is 2.30. The zero-order valence-corrected chi connectivity index (χ0v) is 16.6. The second kappa shape index (κ2) is 8.03. The summed E-state index contributed by atoms with van der Waals surface area (Å²) in [5.74, 6) is -0.00235. The average Bonchev–Trinajstić information content (AvgIpc) is 3.20.